The van der Waals surface area contributed by atoms with Crippen LogP contribution in [0.25, 0.3) is 0 Å². The van der Waals surface area contributed by atoms with Crippen molar-refractivity contribution in [2.24, 2.45) is 0 Å². The van der Waals surface area contributed by atoms with Crippen molar-refractivity contribution in [3.8, 4) is 5.75 Å². The number of benzene rings is 1. The number of hydrogen-bond donors (Lipinski definition) is 1. The molecule has 3 heteroatoms. The smallest absolute Gasteiger partial charge is 0.123 e. The summed E-state index contributed by atoms with van der Waals surface area (Å²) in [5.41, 5.74) is 2.47. The van der Waals surface area contributed by atoms with E-state index in [9.17, 15) is 0 Å². The minimum Gasteiger partial charge on any atom is -0.496 e. The van der Waals surface area contributed by atoms with Gasteiger partial charge < -0.3 is 15.0 Å². The standard InChI is InChI=1S/C12H20N2O/c1-13-8-11-6-5-10(9-14(2)3)7-12(11)15-4/h5-7,13H,8-9H2,1-4H3. The second-order valence-corrected chi connectivity index (χ2v) is 3.91. The maximum Gasteiger partial charge on any atom is 0.123 e. The first-order chi connectivity index (χ1) is 7.17. The van der Waals surface area contributed by atoms with Crippen LogP contribution in [-0.2, 0) is 13.1 Å². The normalized spacial score (nSPS) is 10.7. The van der Waals surface area contributed by atoms with Gasteiger partial charge in [-0.2, -0.15) is 0 Å². The lowest BCUT2D eigenvalue weighted by Gasteiger charge is -2.13. The molecule has 1 aromatic rings. The first kappa shape index (κ1) is 12.0. The van der Waals surface area contributed by atoms with Crippen LogP contribution in [-0.4, -0.2) is 33.2 Å². The SMILES string of the molecule is CNCc1ccc(CN(C)C)cc1OC. The third kappa shape index (κ3) is 3.53. The largest absolute Gasteiger partial charge is 0.496 e. The molecule has 0 aliphatic heterocycles. The van der Waals surface area contributed by atoms with E-state index in [1.165, 1.54) is 11.1 Å². The molecule has 1 N–H and O–H groups in total. The van der Waals surface area contributed by atoms with Gasteiger partial charge in [0.1, 0.15) is 5.75 Å². The lowest BCUT2D eigenvalue weighted by molar-refractivity contribution is 0.393. The van der Waals surface area contributed by atoms with Gasteiger partial charge in [-0.15, -0.1) is 0 Å². The summed E-state index contributed by atoms with van der Waals surface area (Å²) in [7, 11) is 7.78. The molecule has 0 fully saturated rings. The number of ether oxygens (including phenoxy) is 1. The van der Waals surface area contributed by atoms with E-state index in [0.717, 1.165) is 18.8 Å². The minimum atomic E-state index is 0.839. The molecule has 0 heterocycles. The number of nitrogens with zero attached hydrogens (tertiary/aromatic N) is 1. The molecular weight excluding hydrogens is 188 g/mol. The molecule has 0 bridgehead atoms. The topological polar surface area (TPSA) is 24.5 Å². The van der Waals surface area contributed by atoms with E-state index in [4.69, 9.17) is 4.74 Å². The Bertz CT molecular complexity index is 310. The van der Waals surface area contributed by atoms with Gasteiger partial charge in [0.2, 0.25) is 0 Å². The van der Waals surface area contributed by atoms with Crippen LogP contribution in [0.15, 0.2) is 18.2 Å². The van der Waals surface area contributed by atoms with E-state index in [-0.39, 0.29) is 0 Å². The van der Waals surface area contributed by atoms with Crippen LogP contribution < -0.4 is 10.1 Å². The van der Waals surface area contributed by atoms with Crippen LogP contribution in [0.2, 0.25) is 0 Å². The van der Waals surface area contributed by atoms with Crippen molar-refractivity contribution in [1.29, 1.82) is 0 Å². The fourth-order valence-electron chi connectivity index (χ4n) is 1.59. The summed E-state index contributed by atoms with van der Waals surface area (Å²) in [4.78, 5) is 2.15. The maximum absolute atomic E-state index is 5.36. The minimum absolute atomic E-state index is 0.839. The van der Waals surface area contributed by atoms with E-state index in [0.29, 0.717) is 0 Å². The summed E-state index contributed by atoms with van der Waals surface area (Å²) in [5, 5.41) is 3.13. The van der Waals surface area contributed by atoms with Crippen LogP contribution >= 0.6 is 0 Å². The molecule has 0 aliphatic rings. The van der Waals surface area contributed by atoms with Gasteiger partial charge in [0.05, 0.1) is 7.11 Å². The molecule has 0 saturated carbocycles. The molecule has 0 saturated heterocycles. The second-order valence-electron chi connectivity index (χ2n) is 3.91. The van der Waals surface area contributed by atoms with Crippen LogP contribution in [0.5, 0.6) is 5.75 Å². The zero-order valence-corrected chi connectivity index (χ0v) is 10.0. The fourth-order valence-corrected chi connectivity index (χ4v) is 1.59. The van der Waals surface area contributed by atoms with Gasteiger partial charge in [0, 0.05) is 18.7 Å². The van der Waals surface area contributed by atoms with Gasteiger partial charge >= 0.3 is 0 Å². The average molecular weight is 208 g/mol. The van der Waals surface area contributed by atoms with Gasteiger partial charge in [-0.3, -0.25) is 0 Å². The van der Waals surface area contributed by atoms with Gasteiger partial charge in [0.15, 0.2) is 0 Å². The lowest BCUT2D eigenvalue weighted by Crippen LogP contribution is -2.11. The highest BCUT2D eigenvalue weighted by Gasteiger charge is 2.04. The molecule has 15 heavy (non-hydrogen) atoms. The van der Waals surface area contributed by atoms with E-state index < -0.39 is 0 Å². The van der Waals surface area contributed by atoms with Crippen molar-refractivity contribution in [3.63, 3.8) is 0 Å². The Morgan fingerprint density at radius 3 is 2.60 bits per heavy atom. The predicted molar refractivity (Wildman–Crippen MR) is 63.1 cm³/mol. The predicted octanol–water partition coefficient (Wildman–Crippen LogP) is 1.48. The van der Waals surface area contributed by atoms with Gasteiger partial charge in [0.25, 0.3) is 0 Å². The van der Waals surface area contributed by atoms with Crippen LogP contribution in [0.1, 0.15) is 11.1 Å². The van der Waals surface area contributed by atoms with E-state index in [2.05, 4.69) is 42.5 Å². The first-order valence-corrected chi connectivity index (χ1v) is 5.12. The van der Waals surface area contributed by atoms with Crippen molar-refractivity contribution in [2.75, 3.05) is 28.3 Å². The molecule has 0 atom stereocenters. The van der Waals surface area contributed by atoms with E-state index >= 15 is 0 Å². The molecule has 3 nitrogen and oxygen atoms in total. The Kier molecular flexibility index (Phi) is 4.59. The summed E-state index contributed by atoms with van der Waals surface area (Å²) in [5.74, 6) is 0.962. The highest BCUT2D eigenvalue weighted by molar-refractivity contribution is 5.37. The first-order valence-electron chi connectivity index (χ1n) is 5.12. The highest BCUT2D eigenvalue weighted by atomic mass is 16.5. The fraction of sp³-hybridized carbons (Fsp3) is 0.500. The summed E-state index contributed by atoms with van der Waals surface area (Å²) >= 11 is 0. The number of nitrogens with one attached hydrogen (secondary N) is 1. The van der Waals surface area contributed by atoms with Crippen molar-refractivity contribution in [2.45, 2.75) is 13.1 Å². The molecule has 1 rings (SSSR count). The quantitative estimate of drug-likeness (QED) is 0.793. The summed E-state index contributed by atoms with van der Waals surface area (Å²) in [6, 6.07) is 6.37. The van der Waals surface area contributed by atoms with Gasteiger partial charge in [-0.05, 0) is 32.8 Å². The Labute approximate surface area is 92.0 Å². The number of methoxy groups -OCH3 is 1. The van der Waals surface area contributed by atoms with Gasteiger partial charge in [-0.25, -0.2) is 0 Å². The summed E-state index contributed by atoms with van der Waals surface area (Å²) in [6.45, 7) is 1.78. The van der Waals surface area contributed by atoms with Crippen molar-refractivity contribution in [3.05, 3.63) is 29.3 Å². The Balaban J connectivity index is 2.86. The Morgan fingerprint density at radius 1 is 1.33 bits per heavy atom. The van der Waals surface area contributed by atoms with Crippen molar-refractivity contribution < 1.29 is 4.74 Å². The van der Waals surface area contributed by atoms with Crippen molar-refractivity contribution >= 4 is 0 Å². The van der Waals surface area contributed by atoms with Crippen LogP contribution in [0.3, 0.4) is 0 Å². The van der Waals surface area contributed by atoms with E-state index in [1.807, 2.05) is 7.05 Å². The lowest BCUT2D eigenvalue weighted by atomic mass is 10.1. The third-order valence-corrected chi connectivity index (χ3v) is 2.22. The molecule has 84 valence electrons. The Morgan fingerprint density at radius 2 is 2.07 bits per heavy atom. The molecular formula is C12H20N2O. The molecule has 1 aromatic carbocycles. The molecule has 0 radical (unpaired) electrons. The number of hydrogen-bond acceptors (Lipinski definition) is 3. The summed E-state index contributed by atoms with van der Waals surface area (Å²) in [6.07, 6.45) is 0. The van der Waals surface area contributed by atoms with Crippen LogP contribution in [0.4, 0.5) is 0 Å². The van der Waals surface area contributed by atoms with Crippen LogP contribution in [0, 0.1) is 0 Å². The third-order valence-electron chi connectivity index (χ3n) is 2.22. The molecule has 0 amide bonds. The van der Waals surface area contributed by atoms with E-state index in [1.54, 1.807) is 7.11 Å². The van der Waals surface area contributed by atoms with Crippen molar-refractivity contribution in [1.82, 2.24) is 10.2 Å². The molecule has 0 aromatic heterocycles. The maximum atomic E-state index is 5.36. The molecule has 0 unspecified atom stereocenters. The molecule has 0 spiro atoms. The summed E-state index contributed by atoms with van der Waals surface area (Å²) < 4.78 is 5.36. The van der Waals surface area contributed by atoms with Gasteiger partial charge in [-0.1, -0.05) is 12.1 Å². The second kappa shape index (κ2) is 5.73. The zero-order chi connectivity index (χ0) is 11.3. The zero-order valence-electron chi connectivity index (χ0n) is 10.0. The molecule has 0 aliphatic carbocycles. The Hall–Kier alpha value is -1.06. The monoisotopic (exact) mass is 208 g/mol. The highest BCUT2D eigenvalue weighted by Crippen LogP contribution is 2.20. The average Bonchev–Trinajstić information content (AvgIpc) is 2.20. The number of rotatable bonds is 5.